The summed E-state index contributed by atoms with van der Waals surface area (Å²) >= 11 is 0. The van der Waals surface area contributed by atoms with E-state index in [9.17, 15) is 18.3 Å². The van der Waals surface area contributed by atoms with Gasteiger partial charge < -0.3 is 10.0 Å². The number of carbonyl (C=O) groups is 1. The fourth-order valence-corrected chi connectivity index (χ4v) is 5.48. The van der Waals surface area contributed by atoms with Gasteiger partial charge in [-0.3, -0.25) is 9.40 Å². The molecule has 0 unspecified atom stereocenters. The number of carboxylic acids is 1. The lowest BCUT2D eigenvalue weighted by atomic mass is 10.1. The second kappa shape index (κ2) is 9.89. The summed E-state index contributed by atoms with van der Waals surface area (Å²) < 4.78 is 31.1. The number of sulfonamides is 1. The van der Waals surface area contributed by atoms with E-state index in [1.54, 1.807) is 25.1 Å². The number of likely N-dealkylation sites (N-methyl/N-ethyl adjacent to an activating group) is 1. The van der Waals surface area contributed by atoms with Crippen LogP contribution >= 0.6 is 0 Å². The van der Waals surface area contributed by atoms with Crippen LogP contribution in [0.1, 0.15) is 45.4 Å². The lowest BCUT2D eigenvalue weighted by Gasteiger charge is -2.24. The average Bonchev–Trinajstić information content (AvgIpc) is 3.05. The molecule has 0 bridgehead atoms. The van der Waals surface area contributed by atoms with Crippen molar-refractivity contribution in [2.45, 2.75) is 52.5 Å². The van der Waals surface area contributed by atoms with Crippen LogP contribution in [0.5, 0.6) is 0 Å². The van der Waals surface area contributed by atoms with Crippen molar-refractivity contribution in [3.63, 3.8) is 0 Å². The van der Waals surface area contributed by atoms with E-state index in [2.05, 4.69) is 9.82 Å². The number of hydrogen-bond donors (Lipinski definition) is 2. The van der Waals surface area contributed by atoms with E-state index in [4.69, 9.17) is 0 Å². The van der Waals surface area contributed by atoms with Crippen molar-refractivity contribution in [1.29, 1.82) is 0 Å². The highest BCUT2D eigenvalue weighted by Gasteiger charge is 2.21. The Morgan fingerprint density at radius 3 is 2.44 bits per heavy atom. The predicted molar refractivity (Wildman–Crippen MR) is 134 cm³/mol. The summed E-state index contributed by atoms with van der Waals surface area (Å²) in [5, 5.41) is 14.0. The van der Waals surface area contributed by atoms with Gasteiger partial charge in [0.1, 0.15) is 0 Å². The van der Waals surface area contributed by atoms with E-state index in [0.717, 1.165) is 35.5 Å². The van der Waals surface area contributed by atoms with E-state index < -0.39 is 16.0 Å². The van der Waals surface area contributed by atoms with Gasteiger partial charge in [-0.1, -0.05) is 12.1 Å². The molecule has 0 aliphatic rings. The minimum Gasteiger partial charge on any atom is -0.478 e. The molecule has 34 heavy (non-hydrogen) atoms. The maximum atomic E-state index is 13.2. The second-order valence-corrected chi connectivity index (χ2v) is 10.2. The number of aryl methyl sites for hydroxylation is 4. The first-order chi connectivity index (χ1) is 15.9. The van der Waals surface area contributed by atoms with Crippen molar-refractivity contribution in [3.05, 3.63) is 70.0 Å². The number of nitrogens with one attached hydrogen (secondary N) is 1. The molecule has 1 aromatic heterocycles. The van der Waals surface area contributed by atoms with Crippen molar-refractivity contribution in [2.75, 3.05) is 23.2 Å². The molecule has 0 radical (unpaired) electrons. The zero-order valence-corrected chi connectivity index (χ0v) is 21.3. The topological polar surface area (TPSA) is 105 Å². The van der Waals surface area contributed by atoms with Crippen molar-refractivity contribution in [2.24, 2.45) is 0 Å². The van der Waals surface area contributed by atoms with Crippen LogP contribution in [0.25, 0.3) is 0 Å². The zero-order valence-electron chi connectivity index (χ0n) is 20.5. The van der Waals surface area contributed by atoms with Gasteiger partial charge in [-0.2, -0.15) is 5.10 Å². The van der Waals surface area contributed by atoms with Gasteiger partial charge >= 0.3 is 5.97 Å². The third-order valence-electron chi connectivity index (χ3n) is 6.06. The molecule has 0 atom stereocenters. The summed E-state index contributed by atoms with van der Waals surface area (Å²) in [6, 6.07) is 9.70. The Hall–Kier alpha value is -3.33. The Kier molecular flexibility index (Phi) is 7.35. The molecule has 0 saturated carbocycles. The molecule has 0 aliphatic heterocycles. The molecule has 182 valence electrons. The number of rotatable bonds is 9. The first-order valence-corrected chi connectivity index (χ1v) is 12.6. The monoisotopic (exact) mass is 484 g/mol. The molecule has 8 nitrogen and oxygen atoms in total. The van der Waals surface area contributed by atoms with E-state index >= 15 is 0 Å². The standard InChI is InChI=1S/C25H32N4O4S/c1-7-29-19(5)21(18(4)26-29)12-13-28(6)23-11-10-20(25(30)31)15-22(23)27-34(32,33)24-14-16(2)8-9-17(24)3/h8-11,14-15,27H,7,12-13H2,1-6H3,(H,30,31). The number of aromatic nitrogens is 2. The van der Waals surface area contributed by atoms with Crippen molar-refractivity contribution in [1.82, 2.24) is 9.78 Å². The van der Waals surface area contributed by atoms with Crippen LogP contribution in [0.3, 0.4) is 0 Å². The molecule has 0 saturated heterocycles. The van der Waals surface area contributed by atoms with Gasteiger partial charge in [-0.15, -0.1) is 0 Å². The van der Waals surface area contributed by atoms with Crippen molar-refractivity contribution >= 4 is 27.4 Å². The number of benzene rings is 2. The first kappa shape index (κ1) is 25.3. The Morgan fingerprint density at radius 2 is 1.82 bits per heavy atom. The highest BCUT2D eigenvalue weighted by atomic mass is 32.2. The van der Waals surface area contributed by atoms with Crippen LogP contribution in [0, 0.1) is 27.7 Å². The Balaban J connectivity index is 1.95. The molecule has 0 spiro atoms. The number of hydrogen-bond acceptors (Lipinski definition) is 5. The van der Waals surface area contributed by atoms with Crippen molar-refractivity contribution in [3.8, 4) is 0 Å². The van der Waals surface area contributed by atoms with Gasteiger partial charge in [-0.05, 0) is 82.0 Å². The zero-order chi connectivity index (χ0) is 25.2. The number of carboxylic acid groups (broad SMARTS) is 1. The predicted octanol–water partition coefficient (Wildman–Crippen LogP) is 4.31. The second-order valence-electron chi connectivity index (χ2n) is 8.55. The molecule has 2 aromatic carbocycles. The smallest absolute Gasteiger partial charge is 0.335 e. The third kappa shape index (κ3) is 5.25. The van der Waals surface area contributed by atoms with Crippen LogP contribution < -0.4 is 9.62 Å². The molecule has 0 fully saturated rings. The highest BCUT2D eigenvalue weighted by molar-refractivity contribution is 7.92. The SMILES string of the molecule is CCn1nc(C)c(CCN(C)c2ccc(C(=O)O)cc2NS(=O)(=O)c2cc(C)ccc2C)c1C. The van der Waals surface area contributed by atoms with Crippen LogP contribution in [-0.4, -0.2) is 42.9 Å². The number of nitrogens with zero attached hydrogens (tertiary/aromatic N) is 3. The van der Waals surface area contributed by atoms with Crippen LogP contribution in [0.2, 0.25) is 0 Å². The third-order valence-corrected chi connectivity index (χ3v) is 7.57. The fourth-order valence-electron chi connectivity index (χ4n) is 4.08. The lowest BCUT2D eigenvalue weighted by Crippen LogP contribution is -2.24. The summed E-state index contributed by atoms with van der Waals surface area (Å²) in [4.78, 5) is 13.7. The molecule has 0 aliphatic carbocycles. The molecule has 0 amide bonds. The van der Waals surface area contributed by atoms with Crippen molar-refractivity contribution < 1.29 is 18.3 Å². The van der Waals surface area contributed by atoms with Gasteiger partial charge in [-0.25, -0.2) is 13.2 Å². The molecule has 2 N–H and O–H groups in total. The van der Waals surface area contributed by atoms with Gasteiger partial charge in [0.15, 0.2) is 0 Å². The minimum atomic E-state index is -3.93. The Morgan fingerprint density at radius 1 is 1.12 bits per heavy atom. The molecular weight excluding hydrogens is 452 g/mol. The van der Waals surface area contributed by atoms with Crippen LogP contribution in [0.4, 0.5) is 11.4 Å². The maximum absolute atomic E-state index is 13.2. The molecule has 9 heteroatoms. The maximum Gasteiger partial charge on any atom is 0.335 e. The molecule has 3 aromatic rings. The first-order valence-electron chi connectivity index (χ1n) is 11.2. The average molecular weight is 485 g/mol. The fraction of sp³-hybridized carbons (Fsp3) is 0.360. The van der Waals surface area contributed by atoms with Crippen LogP contribution in [-0.2, 0) is 23.0 Å². The van der Waals surface area contributed by atoms with E-state index in [1.807, 2.05) is 50.4 Å². The lowest BCUT2D eigenvalue weighted by molar-refractivity contribution is 0.0697. The summed E-state index contributed by atoms with van der Waals surface area (Å²) in [6.07, 6.45) is 0.720. The minimum absolute atomic E-state index is 0.00623. The summed E-state index contributed by atoms with van der Waals surface area (Å²) in [5.74, 6) is -1.13. The largest absolute Gasteiger partial charge is 0.478 e. The van der Waals surface area contributed by atoms with Gasteiger partial charge in [0.2, 0.25) is 0 Å². The summed E-state index contributed by atoms with van der Waals surface area (Å²) in [5.41, 5.74) is 5.51. The van der Waals surface area contributed by atoms with Gasteiger partial charge in [0, 0.05) is 25.8 Å². The normalized spacial score (nSPS) is 11.5. The Labute approximate surface area is 201 Å². The molecular formula is C25H32N4O4S. The van der Waals surface area contributed by atoms with E-state index in [0.29, 0.717) is 17.8 Å². The molecule has 3 rings (SSSR count). The van der Waals surface area contributed by atoms with E-state index in [1.165, 1.54) is 12.1 Å². The van der Waals surface area contributed by atoms with Gasteiger partial charge in [0.25, 0.3) is 10.0 Å². The van der Waals surface area contributed by atoms with Gasteiger partial charge in [0.05, 0.1) is 27.5 Å². The number of anilines is 2. The Bertz CT molecular complexity index is 1330. The summed E-state index contributed by atoms with van der Waals surface area (Å²) in [6.45, 7) is 11.0. The number of aromatic carboxylic acids is 1. The van der Waals surface area contributed by atoms with E-state index in [-0.39, 0.29) is 16.1 Å². The summed E-state index contributed by atoms with van der Waals surface area (Å²) in [7, 11) is -2.07. The molecule has 1 heterocycles. The highest BCUT2D eigenvalue weighted by Crippen LogP contribution is 2.30. The van der Waals surface area contributed by atoms with Crippen LogP contribution in [0.15, 0.2) is 41.3 Å². The quantitative estimate of drug-likeness (QED) is 0.469.